The summed E-state index contributed by atoms with van der Waals surface area (Å²) in [5, 5.41) is 13.0. The maximum atomic E-state index is 12.0. The number of aryl methyl sites for hydroxylation is 1. The molecule has 0 spiro atoms. The zero-order chi connectivity index (χ0) is 14.7. The maximum absolute atomic E-state index is 12.0. The molecule has 0 aliphatic carbocycles. The molecule has 0 unspecified atom stereocenters. The minimum absolute atomic E-state index is 0.107. The van der Waals surface area contributed by atoms with E-state index in [2.05, 4.69) is 20.5 Å². The van der Waals surface area contributed by atoms with E-state index in [-0.39, 0.29) is 12.1 Å². The highest BCUT2D eigenvalue weighted by Gasteiger charge is 2.22. The van der Waals surface area contributed by atoms with Crippen LogP contribution >= 0.6 is 22.7 Å². The van der Waals surface area contributed by atoms with Crippen LogP contribution in [0.1, 0.15) is 18.4 Å². The second-order valence-electron chi connectivity index (χ2n) is 5.14. The lowest BCUT2D eigenvalue weighted by molar-refractivity contribution is 0.246. The van der Waals surface area contributed by atoms with Gasteiger partial charge >= 0.3 is 6.03 Å². The normalized spacial score (nSPS) is 16.0. The third-order valence-electron chi connectivity index (χ3n) is 3.62. The van der Waals surface area contributed by atoms with Gasteiger partial charge in [-0.15, -0.1) is 22.7 Å². The van der Waals surface area contributed by atoms with Gasteiger partial charge in [-0.3, -0.25) is 0 Å². The largest absolute Gasteiger partial charge is 0.348 e. The molecule has 1 saturated heterocycles. The summed E-state index contributed by atoms with van der Waals surface area (Å²) in [5.74, 6) is 0. The van der Waals surface area contributed by atoms with Gasteiger partial charge in [-0.05, 0) is 30.7 Å². The van der Waals surface area contributed by atoms with Crippen molar-refractivity contribution in [2.45, 2.75) is 25.8 Å². The highest BCUT2D eigenvalue weighted by Crippen LogP contribution is 2.22. The molecule has 3 rings (SSSR count). The van der Waals surface area contributed by atoms with Crippen molar-refractivity contribution in [2.75, 3.05) is 23.3 Å². The number of nitrogens with zero attached hydrogens (tertiary/aromatic N) is 2. The Labute approximate surface area is 132 Å². The Morgan fingerprint density at radius 3 is 2.81 bits per heavy atom. The third-order valence-corrected chi connectivity index (χ3v) is 5.32. The average Bonchev–Trinajstić information content (AvgIpc) is 3.12. The highest BCUT2D eigenvalue weighted by atomic mass is 32.1. The predicted octanol–water partition coefficient (Wildman–Crippen LogP) is 3.30. The van der Waals surface area contributed by atoms with Gasteiger partial charge in [-0.2, -0.15) is 0 Å². The lowest BCUT2D eigenvalue weighted by atomic mass is 10.1. The molecule has 2 amide bonds. The van der Waals surface area contributed by atoms with Gasteiger partial charge in [0, 0.05) is 36.1 Å². The smallest absolute Gasteiger partial charge is 0.319 e. The van der Waals surface area contributed by atoms with E-state index in [0.29, 0.717) is 0 Å². The summed E-state index contributed by atoms with van der Waals surface area (Å²) in [6, 6.07) is 0.129. The Morgan fingerprint density at radius 1 is 1.38 bits per heavy atom. The van der Waals surface area contributed by atoms with Crippen LogP contribution in [0.5, 0.6) is 0 Å². The van der Waals surface area contributed by atoms with E-state index in [1.807, 2.05) is 29.3 Å². The van der Waals surface area contributed by atoms with Crippen LogP contribution < -0.4 is 15.5 Å². The quantitative estimate of drug-likeness (QED) is 0.911. The van der Waals surface area contributed by atoms with Crippen LogP contribution in [0.4, 0.5) is 15.6 Å². The summed E-state index contributed by atoms with van der Waals surface area (Å²) < 4.78 is 0. The van der Waals surface area contributed by atoms with Crippen molar-refractivity contribution < 1.29 is 4.79 Å². The van der Waals surface area contributed by atoms with Gasteiger partial charge in [-0.25, -0.2) is 9.78 Å². The molecular weight excluding hydrogens is 304 g/mol. The second kappa shape index (κ2) is 6.44. The molecule has 21 heavy (non-hydrogen) atoms. The summed E-state index contributed by atoms with van der Waals surface area (Å²) in [6.45, 7) is 3.88. The SMILES string of the molecule is Cc1cscc1NC(=O)NC1CCN(c2nccs2)CC1. The van der Waals surface area contributed by atoms with Gasteiger partial charge in [0.1, 0.15) is 0 Å². The van der Waals surface area contributed by atoms with Crippen molar-refractivity contribution in [3.8, 4) is 0 Å². The van der Waals surface area contributed by atoms with Gasteiger partial charge in [0.25, 0.3) is 0 Å². The number of carbonyl (C=O) groups is 1. The van der Waals surface area contributed by atoms with Crippen LogP contribution in [0.15, 0.2) is 22.3 Å². The third kappa shape index (κ3) is 3.54. The first-order chi connectivity index (χ1) is 10.2. The zero-order valence-corrected chi connectivity index (χ0v) is 13.5. The Hall–Kier alpha value is -1.60. The topological polar surface area (TPSA) is 57.3 Å². The van der Waals surface area contributed by atoms with E-state index in [4.69, 9.17) is 0 Å². The Morgan fingerprint density at radius 2 is 2.19 bits per heavy atom. The molecule has 1 aliphatic heterocycles. The number of thiazole rings is 1. The molecule has 2 N–H and O–H groups in total. The van der Waals surface area contributed by atoms with Gasteiger partial charge < -0.3 is 15.5 Å². The molecule has 0 saturated carbocycles. The van der Waals surface area contributed by atoms with Crippen molar-refractivity contribution in [1.29, 1.82) is 0 Å². The number of urea groups is 1. The number of amides is 2. The molecule has 0 radical (unpaired) electrons. The van der Waals surface area contributed by atoms with E-state index in [1.54, 1.807) is 22.7 Å². The predicted molar refractivity (Wildman–Crippen MR) is 88.6 cm³/mol. The minimum atomic E-state index is -0.107. The van der Waals surface area contributed by atoms with Crippen molar-refractivity contribution >= 4 is 39.5 Å². The molecule has 0 aromatic carbocycles. The first-order valence-corrected chi connectivity index (χ1v) is 8.79. The number of piperidine rings is 1. The van der Waals surface area contributed by atoms with Gasteiger partial charge in [-0.1, -0.05) is 0 Å². The molecule has 7 heteroatoms. The monoisotopic (exact) mass is 322 g/mol. The number of aromatic nitrogens is 1. The van der Waals surface area contributed by atoms with E-state index in [1.165, 1.54) is 0 Å². The number of anilines is 2. The number of nitrogens with one attached hydrogen (secondary N) is 2. The van der Waals surface area contributed by atoms with Gasteiger partial charge in [0.2, 0.25) is 0 Å². The molecule has 1 aliphatic rings. The van der Waals surface area contributed by atoms with Gasteiger partial charge in [0.15, 0.2) is 5.13 Å². The number of rotatable bonds is 3. The first kappa shape index (κ1) is 14.3. The summed E-state index contributed by atoms with van der Waals surface area (Å²) in [6.07, 6.45) is 3.74. The van der Waals surface area contributed by atoms with Crippen LogP contribution in [0.3, 0.4) is 0 Å². The number of carbonyl (C=O) groups excluding carboxylic acids is 1. The number of thiophene rings is 1. The summed E-state index contributed by atoms with van der Waals surface area (Å²) in [4.78, 5) is 18.6. The molecule has 0 atom stereocenters. The van der Waals surface area contributed by atoms with Crippen LogP contribution in [-0.4, -0.2) is 30.1 Å². The molecule has 2 aromatic heterocycles. The van der Waals surface area contributed by atoms with E-state index in [9.17, 15) is 4.79 Å². The van der Waals surface area contributed by atoms with E-state index in [0.717, 1.165) is 42.3 Å². The molecule has 1 fully saturated rings. The lowest BCUT2D eigenvalue weighted by Gasteiger charge is -2.32. The number of hydrogen-bond donors (Lipinski definition) is 2. The Bertz CT molecular complexity index is 588. The molecule has 5 nitrogen and oxygen atoms in total. The van der Waals surface area contributed by atoms with Crippen LogP contribution in [-0.2, 0) is 0 Å². The van der Waals surface area contributed by atoms with Crippen molar-refractivity contribution in [3.63, 3.8) is 0 Å². The zero-order valence-electron chi connectivity index (χ0n) is 11.8. The Balaban J connectivity index is 1.47. The molecule has 3 heterocycles. The fourth-order valence-electron chi connectivity index (χ4n) is 2.42. The lowest BCUT2D eigenvalue weighted by Crippen LogP contribution is -2.46. The standard InChI is InChI=1S/C14H18N4OS2/c1-10-8-20-9-12(10)17-13(19)16-11-2-5-18(6-3-11)14-15-4-7-21-14/h4,7-9,11H,2-3,5-6H2,1H3,(H2,16,17,19). The summed E-state index contributed by atoms with van der Waals surface area (Å²) >= 11 is 3.26. The fourth-order valence-corrected chi connectivity index (χ4v) is 3.90. The number of hydrogen-bond acceptors (Lipinski definition) is 5. The molecule has 0 bridgehead atoms. The van der Waals surface area contributed by atoms with Gasteiger partial charge in [0.05, 0.1) is 5.69 Å². The molecule has 112 valence electrons. The average molecular weight is 322 g/mol. The highest BCUT2D eigenvalue weighted by molar-refractivity contribution is 7.13. The fraction of sp³-hybridized carbons (Fsp3) is 0.429. The van der Waals surface area contributed by atoms with Crippen molar-refractivity contribution in [2.24, 2.45) is 0 Å². The molecule has 2 aromatic rings. The van der Waals surface area contributed by atoms with E-state index >= 15 is 0 Å². The van der Waals surface area contributed by atoms with Crippen LogP contribution in [0.2, 0.25) is 0 Å². The maximum Gasteiger partial charge on any atom is 0.319 e. The Kier molecular flexibility index (Phi) is 4.40. The van der Waals surface area contributed by atoms with Crippen molar-refractivity contribution in [3.05, 3.63) is 27.9 Å². The van der Waals surface area contributed by atoms with Crippen LogP contribution in [0.25, 0.3) is 0 Å². The second-order valence-corrected chi connectivity index (χ2v) is 6.76. The first-order valence-electron chi connectivity index (χ1n) is 6.97. The summed E-state index contributed by atoms with van der Waals surface area (Å²) in [5.41, 5.74) is 2.01. The van der Waals surface area contributed by atoms with Crippen molar-refractivity contribution in [1.82, 2.24) is 10.3 Å². The van der Waals surface area contributed by atoms with Crippen LogP contribution in [0, 0.1) is 6.92 Å². The molecular formula is C14H18N4OS2. The van der Waals surface area contributed by atoms with E-state index < -0.39 is 0 Å². The summed E-state index contributed by atoms with van der Waals surface area (Å²) in [7, 11) is 0. The minimum Gasteiger partial charge on any atom is -0.348 e.